The minimum atomic E-state index is -0.195. The van der Waals surface area contributed by atoms with Crippen molar-refractivity contribution in [2.75, 3.05) is 13.2 Å². The molecule has 0 aromatic heterocycles. The van der Waals surface area contributed by atoms with Gasteiger partial charge in [0, 0.05) is 13.0 Å². The Hall–Kier alpha value is -0.120. The van der Waals surface area contributed by atoms with Crippen LogP contribution in [0.25, 0.3) is 0 Å². The number of ether oxygens (including phenoxy) is 2. The van der Waals surface area contributed by atoms with Gasteiger partial charge in [0.2, 0.25) is 0 Å². The molecule has 0 aliphatic carbocycles. The second-order valence-corrected chi connectivity index (χ2v) is 3.55. The van der Waals surface area contributed by atoms with Crippen LogP contribution in [0.4, 0.5) is 0 Å². The lowest BCUT2D eigenvalue weighted by Gasteiger charge is -2.26. The van der Waals surface area contributed by atoms with E-state index in [1.165, 1.54) is 0 Å². The predicted octanol–water partition coefficient (Wildman–Crippen LogP) is 0.951. The van der Waals surface area contributed by atoms with Crippen molar-refractivity contribution in [3.8, 4) is 0 Å². The van der Waals surface area contributed by atoms with E-state index in [9.17, 15) is 5.11 Å². The molecule has 72 valence electrons. The normalized spacial score (nSPS) is 31.0. The molecule has 1 fully saturated rings. The first kappa shape index (κ1) is 9.96. The molecule has 0 saturated carbocycles. The molecule has 1 N–H and O–H groups in total. The van der Waals surface area contributed by atoms with Crippen LogP contribution in [0, 0.1) is 0 Å². The fourth-order valence-electron chi connectivity index (χ4n) is 1.28. The summed E-state index contributed by atoms with van der Waals surface area (Å²) >= 11 is 0. The molecule has 3 heteroatoms. The number of hydrogen-bond donors (Lipinski definition) is 1. The number of rotatable bonds is 3. The van der Waals surface area contributed by atoms with E-state index in [1.54, 1.807) is 0 Å². The van der Waals surface area contributed by atoms with Gasteiger partial charge in [-0.2, -0.15) is 0 Å². The summed E-state index contributed by atoms with van der Waals surface area (Å²) in [5.74, 6) is 0. The van der Waals surface area contributed by atoms with Gasteiger partial charge in [-0.3, -0.25) is 0 Å². The number of aliphatic hydroxyl groups is 1. The quantitative estimate of drug-likeness (QED) is 0.692. The highest BCUT2D eigenvalue weighted by atomic mass is 16.5. The Bertz CT molecular complexity index is 125. The Kier molecular flexibility index (Phi) is 3.98. The maximum absolute atomic E-state index is 9.31. The summed E-state index contributed by atoms with van der Waals surface area (Å²) in [6.07, 6.45) is 1.62. The minimum absolute atomic E-state index is 0.0937. The maximum Gasteiger partial charge on any atom is 0.0833 e. The monoisotopic (exact) mass is 174 g/mol. The Morgan fingerprint density at radius 3 is 2.92 bits per heavy atom. The van der Waals surface area contributed by atoms with Crippen molar-refractivity contribution < 1.29 is 14.6 Å². The summed E-state index contributed by atoms with van der Waals surface area (Å²) < 4.78 is 10.8. The van der Waals surface area contributed by atoms with Crippen LogP contribution in [0.2, 0.25) is 0 Å². The van der Waals surface area contributed by atoms with Crippen LogP contribution < -0.4 is 0 Å². The van der Waals surface area contributed by atoms with Crippen LogP contribution in [0.3, 0.4) is 0 Å². The average Bonchev–Trinajstić information content (AvgIpc) is 2.01. The van der Waals surface area contributed by atoms with Gasteiger partial charge >= 0.3 is 0 Å². The molecule has 0 amide bonds. The molecular weight excluding hydrogens is 156 g/mol. The van der Waals surface area contributed by atoms with Crippen molar-refractivity contribution in [3.05, 3.63) is 0 Å². The van der Waals surface area contributed by atoms with Crippen molar-refractivity contribution in [1.82, 2.24) is 0 Å². The van der Waals surface area contributed by atoms with E-state index in [-0.39, 0.29) is 18.3 Å². The molecule has 0 bridgehead atoms. The standard InChI is InChI=1S/C9H18O3/c1-7(2)12-6-9-5-8(10)3-4-11-9/h7-10H,3-6H2,1-2H3/t8-,9+/m1/s1. The van der Waals surface area contributed by atoms with Crippen LogP contribution >= 0.6 is 0 Å². The molecule has 0 spiro atoms. The van der Waals surface area contributed by atoms with E-state index in [0.29, 0.717) is 19.6 Å². The highest BCUT2D eigenvalue weighted by molar-refractivity contribution is 4.70. The van der Waals surface area contributed by atoms with Crippen molar-refractivity contribution in [1.29, 1.82) is 0 Å². The van der Waals surface area contributed by atoms with Crippen LogP contribution in [-0.4, -0.2) is 36.6 Å². The molecule has 1 aliphatic heterocycles. The second-order valence-electron chi connectivity index (χ2n) is 3.55. The molecule has 1 heterocycles. The van der Waals surface area contributed by atoms with E-state index < -0.39 is 0 Å². The third-order valence-electron chi connectivity index (χ3n) is 1.96. The lowest BCUT2D eigenvalue weighted by atomic mass is 10.1. The fraction of sp³-hybridized carbons (Fsp3) is 1.00. The Balaban J connectivity index is 2.14. The molecule has 1 aliphatic rings. The van der Waals surface area contributed by atoms with Crippen LogP contribution in [0.1, 0.15) is 26.7 Å². The Morgan fingerprint density at radius 2 is 2.33 bits per heavy atom. The van der Waals surface area contributed by atoms with Gasteiger partial charge < -0.3 is 14.6 Å². The molecular formula is C9H18O3. The molecule has 3 nitrogen and oxygen atoms in total. The summed E-state index contributed by atoms with van der Waals surface area (Å²) in [6, 6.07) is 0. The van der Waals surface area contributed by atoms with Crippen LogP contribution in [0.5, 0.6) is 0 Å². The molecule has 1 saturated heterocycles. The first-order chi connectivity index (χ1) is 5.68. The van der Waals surface area contributed by atoms with Gasteiger partial charge in [0.05, 0.1) is 24.9 Å². The van der Waals surface area contributed by atoms with Crippen molar-refractivity contribution in [2.24, 2.45) is 0 Å². The Morgan fingerprint density at radius 1 is 1.58 bits per heavy atom. The molecule has 0 unspecified atom stereocenters. The van der Waals surface area contributed by atoms with Crippen LogP contribution in [0.15, 0.2) is 0 Å². The van der Waals surface area contributed by atoms with Crippen molar-refractivity contribution >= 4 is 0 Å². The van der Waals surface area contributed by atoms with Crippen LogP contribution in [-0.2, 0) is 9.47 Å². The van der Waals surface area contributed by atoms with Gasteiger partial charge in [-0.25, -0.2) is 0 Å². The number of hydrogen-bond acceptors (Lipinski definition) is 3. The van der Waals surface area contributed by atoms with E-state index >= 15 is 0 Å². The zero-order valence-corrected chi connectivity index (χ0v) is 7.82. The zero-order chi connectivity index (χ0) is 8.97. The third-order valence-corrected chi connectivity index (χ3v) is 1.96. The third kappa shape index (κ3) is 3.52. The lowest BCUT2D eigenvalue weighted by Crippen LogP contribution is -2.32. The lowest BCUT2D eigenvalue weighted by molar-refractivity contribution is -0.0877. The Labute approximate surface area is 73.7 Å². The first-order valence-electron chi connectivity index (χ1n) is 4.59. The van der Waals surface area contributed by atoms with E-state index in [2.05, 4.69) is 0 Å². The highest BCUT2D eigenvalue weighted by Gasteiger charge is 2.20. The minimum Gasteiger partial charge on any atom is -0.393 e. The van der Waals surface area contributed by atoms with Gasteiger partial charge in [0.1, 0.15) is 0 Å². The molecule has 1 rings (SSSR count). The summed E-state index contributed by atoms with van der Waals surface area (Å²) in [7, 11) is 0. The highest BCUT2D eigenvalue weighted by Crippen LogP contribution is 2.14. The van der Waals surface area contributed by atoms with E-state index in [0.717, 1.165) is 6.42 Å². The van der Waals surface area contributed by atoms with Crippen molar-refractivity contribution in [2.45, 2.75) is 45.0 Å². The molecule has 0 radical (unpaired) electrons. The first-order valence-corrected chi connectivity index (χ1v) is 4.59. The molecule has 0 aromatic rings. The smallest absolute Gasteiger partial charge is 0.0833 e. The van der Waals surface area contributed by atoms with Crippen molar-refractivity contribution in [3.63, 3.8) is 0 Å². The van der Waals surface area contributed by atoms with Gasteiger partial charge in [-0.1, -0.05) is 0 Å². The fourth-order valence-corrected chi connectivity index (χ4v) is 1.28. The molecule has 0 aromatic carbocycles. The molecule has 12 heavy (non-hydrogen) atoms. The van der Waals surface area contributed by atoms with E-state index in [4.69, 9.17) is 9.47 Å². The van der Waals surface area contributed by atoms with Gasteiger partial charge in [-0.05, 0) is 20.3 Å². The van der Waals surface area contributed by atoms with E-state index in [1.807, 2.05) is 13.8 Å². The topological polar surface area (TPSA) is 38.7 Å². The SMILES string of the molecule is CC(C)OC[C@@H]1C[C@H](O)CCO1. The molecule has 2 atom stereocenters. The second kappa shape index (κ2) is 4.80. The summed E-state index contributed by atoms with van der Waals surface area (Å²) in [5.41, 5.74) is 0. The number of aliphatic hydroxyl groups excluding tert-OH is 1. The van der Waals surface area contributed by atoms with Gasteiger partial charge in [0.25, 0.3) is 0 Å². The average molecular weight is 174 g/mol. The maximum atomic E-state index is 9.31. The van der Waals surface area contributed by atoms with Gasteiger partial charge in [0.15, 0.2) is 0 Å². The summed E-state index contributed by atoms with van der Waals surface area (Å²) in [4.78, 5) is 0. The van der Waals surface area contributed by atoms with Gasteiger partial charge in [-0.15, -0.1) is 0 Å². The summed E-state index contributed by atoms with van der Waals surface area (Å²) in [5, 5.41) is 9.31. The summed E-state index contributed by atoms with van der Waals surface area (Å²) in [6.45, 7) is 5.26. The largest absolute Gasteiger partial charge is 0.393 e. The predicted molar refractivity (Wildman–Crippen MR) is 46.1 cm³/mol. The zero-order valence-electron chi connectivity index (χ0n) is 7.82.